The quantitative estimate of drug-likeness (QED) is 0.876. The van der Waals surface area contributed by atoms with Crippen molar-refractivity contribution in [2.45, 2.75) is 11.9 Å². The largest absolute Gasteiger partial charge is 0.330 e. The summed E-state index contributed by atoms with van der Waals surface area (Å²) < 4.78 is 23.5. The highest BCUT2D eigenvalue weighted by atomic mass is 32.2. The van der Waals surface area contributed by atoms with Crippen molar-refractivity contribution >= 4 is 38.1 Å². The van der Waals surface area contributed by atoms with Crippen molar-refractivity contribution in [3.63, 3.8) is 0 Å². The van der Waals surface area contributed by atoms with Gasteiger partial charge in [0.25, 0.3) is 0 Å². The van der Waals surface area contributed by atoms with Crippen LogP contribution in [0.3, 0.4) is 0 Å². The number of aromatic nitrogens is 1. The first-order chi connectivity index (χ1) is 8.02. The molecule has 8 heteroatoms. The third kappa shape index (κ3) is 2.93. The topological polar surface area (TPSA) is 76.3 Å². The molecule has 1 fully saturated rings. The van der Waals surface area contributed by atoms with Crippen molar-refractivity contribution in [1.29, 1.82) is 0 Å². The van der Waals surface area contributed by atoms with Crippen LogP contribution in [0.1, 0.15) is 4.88 Å². The number of anilines is 1. The number of rotatable bonds is 3. The average molecular weight is 293 g/mol. The zero-order valence-corrected chi connectivity index (χ0v) is 11.9. The fourth-order valence-electron chi connectivity index (χ4n) is 1.68. The van der Waals surface area contributed by atoms with Gasteiger partial charge >= 0.3 is 0 Å². The smallest absolute Gasteiger partial charge is 0.186 e. The number of nitrogens with two attached hydrogens (primary N) is 1. The number of thiazole rings is 1. The van der Waals surface area contributed by atoms with Crippen LogP contribution in [0, 0.1) is 0 Å². The maximum absolute atomic E-state index is 11.7. The number of nitrogens with zero attached hydrogens (tertiary/aromatic N) is 2. The van der Waals surface area contributed by atoms with Crippen LogP contribution in [-0.2, 0) is 16.4 Å². The standard InChI is InChI=1S/C9H15N3O2S3/c1-17(13,14)8-6-15-3-2-12(8)9-11-5-7(4-10)16-9/h5,8H,2-4,6,10H2,1H3. The Labute approximate surface area is 109 Å². The fourth-order valence-corrected chi connectivity index (χ4v) is 5.43. The van der Waals surface area contributed by atoms with Gasteiger partial charge in [-0.1, -0.05) is 0 Å². The monoisotopic (exact) mass is 293 g/mol. The van der Waals surface area contributed by atoms with Crippen LogP contribution in [0.15, 0.2) is 6.20 Å². The molecule has 1 aliphatic heterocycles. The first-order valence-electron chi connectivity index (χ1n) is 5.20. The van der Waals surface area contributed by atoms with Gasteiger partial charge in [0.15, 0.2) is 15.0 Å². The van der Waals surface area contributed by atoms with E-state index in [9.17, 15) is 8.42 Å². The molecule has 0 aliphatic carbocycles. The number of thioether (sulfide) groups is 1. The van der Waals surface area contributed by atoms with Crippen LogP contribution in [0.4, 0.5) is 5.13 Å². The van der Waals surface area contributed by atoms with Gasteiger partial charge in [0, 0.05) is 41.9 Å². The summed E-state index contributed by atoms with van der Waals surface area (Å²) in [7, 11) is -3.08. The molecule has 1 aromatic rings. The van der Waals surface area contributed by atoms with Gasteiger partial charge in [-0.3, -0.25) is 0 Å². The highest BCUT2D eigenvalue weighted by molar-refractivity contribution is 8.01. The van der Waals surface area contributed by atoms with Gasteiger partial charge in [-0.15, -0.1) is 11.3 Å². The molecule has 2 heterocycles. The molecule has 17 heavy (non-hydrogen) atoms. The molecular weight excluding hydrogens is 278 g/mol. The Morgan fingerprint density at radius 1 is 1.65 bits per heavy atom. The number of hydrogen-bond donors (Lipinski definition) is 1. The van der Waals surface area contributed by atoms with E-state index in [1.807, 2.05) is 4.90 Å². The highest BCUT2D eigenvalue weighted by Gasteiger charge is 2.32. The van der Waals surface area contributed by atoms with Gasteiger partial charge in [-0.2, -0.15) is 11.8 Å². The second-order valence-corrected chi connectivity index (χ2v) is 8.31. The lowest BCUT2D eigenvalue weighted by atomic mass is 10.5. The van der Waals surface area contributed by atoms with Crippen molar-refractivity contribution < 1.29 is 8.42 Å². The molecule has 0 saturated carbocycles. The molecule has 1 aromatic heterocycles. The van der Waals surface area contributed by atoms with Crippen LogP contribution >= 0.6 is 23.1 Å². The Bertz CT molecular complexity index is 485. The fraction of sp³-hybridized carbons (Fsp3) is 0.667. The van der Waals surface area contributed by atoms with E-state index in [4.69, 9.17) is 5.73 Å². The predicted molar refractivity (Wildman–Crippen MR) is 73.3 cm³/mol. The molecule has 2 N–H and O–H groups in total. The van der Waals surface area contributed by atoms with Gasteiger partial charge in [-0.25, -0.2) is 13.4 Å². The third-order valence-corrected chi connectivity index (χ3v) is 6.27. The van der Waals surface area contributed by atoms with E-state index in [1.54, 1.807) is 18.0 Å². The molecule has 0 amide bonds. The summed E-state index contributed by atoms with van der Waals surface area (Å²) >= 11 is 3.15. The van der Waals surface area contributed by atoms with Crippen LogP contribution in [0.2, 0.25) is 0 Å². The van der Waals surface area contributed by atoms with Crippen LogP contribution in [-0.4, -0.2) is 43.1 Å². The minimum absolute atomic E-state index is 0.448. The molecule has 5 nitrogen and oxygen atoms in total. The maximum atomic E-state index is 11.7. The van der Waals surface area contributed by atoms with Crippen LogP contribution < -0.4 is 10.6 Å². The molecule has 1 atom stereocenters. The molecule has 2 rings (SSSR count). The van der Waals surface area contributed by atoms with Gasteiger partial charge in [-0.05, 0) is 0 Å². The predicted octanol–water partition coefficient (Wildman–Crippen LogP) is 0.526. The molecule has 0 bridgehead atoms. The zero-order valence-electron chi connectivity index (χ0n) is 9.50. The average Bonchev–Trinajstić information content (AvgIpc) is 2.76. The first kappa shape index (κ1) is 13.1. The van der Waals surface area contributed by atoms with Crippen molar-refractivity contribution in [1.82, 2.24) is 4.98 Å². The Morgan fingerprint density at radius 2 is 2.41 bits per heavy atom. The maximum Gasteiger partial charge on any atom is 0.186 e. The normalized spacial score (nSPS) is 21.8. The summed E-state index contributed by atoms with van der Waals surface area (Å²) in [5.41, 5.74) is 5.54. The Morgan fingerprint density at radius 3 is 3.00 bits per heavy atom. The summed E-state index contributed by atoms with van der Waals surface area (Å²) in [4.78, 5) is 7.13. The van der Waals surface area contributed by atoms with Crippen molar-refractivity contribution in [3.8, 4) is 0 Å². The molecular formula is C9H15N3O2S3. The Balaban J connectivity index is 2.27. The summed E-state index contributed by atoms with van der Waals surface area (Å²) in [6, 6.07) is 0. The first-order valence-corrected chi connectivity index (χ1v) is 9.13. The zero-order chi connectivity index (χ0) is 12.5. The minimum atomic E-state index is -3.08. The second kappa shape index (κ2) is 5.13. The van der Waals surface area contributed by atoms with E-state index in [1.165, 1.54) is 17.6 Å². The summed E-state index contributed by atoms with van der Waals surface area (Å²) in [6.07, 6.45) is 3.01. The SMILES string of the molecule is CS(=O)(=O)C1CSCCN1c1ncc(CN)s1. The van der Waals surface area contributed by atoms with Gasteiger partial charge in [0.1, 0.15) is 5.37 Å². The van der Waals surface area contributed by atoms with E-state index >= 15 is 0 Å². The molecule has 1 saturated heterocycles. The molecule has 0 radical (unpaired) electrons. The van der Waals surface area contributed by atoms with E-state index in [2.05, 4.69) is 4.98 Å². The van der Waals surface area contributed by atoms with Crippen molar-refractivity contribution in [2.75, 3.05) is 29.2 Å². The second-order valence-electron chi connectivity index (χ2n) is 3.87. The Kier molecular flexibility index (Phi) is 3.96. The van der Waals surface area contributed by atoms with Crippen molar-refractivity contribution in [3.05, 3.63) is 11.1 Å². The van der Waals surface area contributed by atoms with Gasteiger partial charge in [0.2, 0.25) is 0 Å². The summed E-state index contributed by atoms with van der Waals surface area (Å²) in [5, 5.41) is 0.305. The minimum Gasteiger partial charge on any atom is -0.330 e. The highest BCUT2D eigenvalue weighted by Crippen LogP contribution is 2.29. The van der Waals surface area contributed by atoms with E-state index in [0.717, 1.165) is 22.3 Å². The lowest BCUT2D eigenvalue weighted by molar-refractivity contribution is 0.584. The van der Waals surface area contributed by atoms with Crippen LogP contribution in [0.5, 0.6) is 0 Å². The Hall–Kier alpha value is -0.310. The summed E-state index contributed by atoms with van der Waals surface area (Å²) in [6.45, 7) is 1.17. The lowest BCUT2D eigenvalue weighted by Gasteiger charge is -2.33. The van der Waals surface area contributed by atoms with E-state index in [-0.39, 0.29) is 0 Å². The van der Waals surface area contributed by atoms with Gasteiger partial charge in [0.05, 0.1) is 0 Å². The molecule has 1 unspecified atom stereocenters. The van der Waals surface area contributed by atoms with Gasteiger partial charge < -0.3 is 10.6 Å². The molecule has 0 spiro atoms. The lowest BCUT2D eigenvalue weighted by Crippen LogP contribution is -2.47. The van der Waals surface area contributed by atoms with E-state index in [0.29, 0.717) is 12.3 Å². The summed E-state index contributed by atoms with van der Waals surface area (Å²) in [5.74, 6) is 1.54. The van der Waals surface area contributed by atoms with Crippen molar-refractivity contribution in [2.24, 2.45) is 5.73 Å². The molecule has 96 valence electrons. The van der Waals surface area contributed by atoms with E-state index < -0.39 is 15.2 Å². The molecule has 0 aromatic carbocycles. The number of hydrogen-bond acceptors (Lipinski definition) is 7. The third-order valence-electron chi connectivity index (χ3n) is 2.57. The molecule has 1 aliphatic rings. The number of sulfone groups is 1. The van der Waals surface area contributed by atoms with Crippen LogP contribution in [0.25, 0.3) is 0 Å².